The van der Waals surface area contributed by atoms with Gasteiger partial charge < -0.3 is 10.4 Å². The van der Waals surface area contributed by atoms with Gasteiger partial charge >= 0.3 is 5.97 Å². The summed E-state index contributed by atoms with van der Waals surface area (Å²) in [5.74, 6) is -0.941. The SMILES string of the molecule is CS(=O)CCNc1ccc([N+](=O)[O-])c(C(=O)O)c1. The lowest BCUT2D eigenvalue weighted by molar-refractivity contribution is -0.385. The van der Waals surface area contributed by atoms with Crippen molar-refractivity contribution >= 4 is 28.1 Å². The maximum atomic E-state index is 10.9. The molecule has 0 aliphatic heterocycles. The van der Waals surface area contributed by atoms with E-state index in [4.69, 9.17) is 5.11 Å². The zero-order valence-electron chi connectivity index (χ0n) is 9.58. The van der Waals surface area contributed by atoms with E-state index in [1.54, 1.807) is 6.26 Å². The van der Waals surface area contributed by atoms with Crippen LogP contribution in [0.4, 0.5) is 11.4 Å². The average molecular weight is 272 g/mol. The van der Waals surface area contributed by atoms with Crippen molar-refractivity contribution in [3.05, 3.63) is 33.9 Å². The molecule has 1 rings (SSSR count). The van der Waals surface area contributed by atoms with Crippen molar-refractivity contribution in [2.75, 3.05) is 23.9 Å². The molecule has 0 fully saturated rings. The highest BCUT2D eigenvalue weighted by Crippen LogP contribution is 2.22. The Bertz CT molecular complexity index is 503. The van der Waals surface area contributed by atoms with E-state index in [9.17, 15) is 19.1 Å². The second-order valence-electron chi connectivity index (χ2n) is 3.50. The summed E-state index contributed by atoms with van der Waals surface area (Å²) < 4.78 is 10.8. The number of hydrogen-bond donors (Lipinski definition) is 2. The lowest BCUT2D eigenvalue weighted by Gasteiger charge is -2.06. The fourth-order valence-electron chi connectivity index (χ4n) is 1.32. The summed E-state index contributed by atoms with van der Waals surface area (Å²) in [6, 6.07) is 3.75. The van der Waals surface area contributed by atoms with Gasteiger partial charge in [0.05, 0.1) is 4.92 Å². The number of rotatable bonds is 6. The third-order valence-corrected chi connectivity index (χ3v) is 2.92. The maximum Gasteiger partial charge on any atom is 0.342 e. The molecule has 0 radical (unpaired) electrons. The standard InChI is InChI=1S/C10H12N2O5S/c1-18(17)5-4-11-7-2-3-9(12(15)16)8(6-7)10(13)14/h2-3,6,11H,4-5H2,1H3,(H,13,14). The molecule has 0 aliphatic carbocycles. The first kappa shape index (κ1) is 14.1. The van der Waals surface area contributed by atoms with Crippen molar-refractivity contribution in [1.29, 1.82) is 0 Å². The normalized spacial score (nSPS) is 11.8. The van der Waals surface area contributed by atoms with Gasteiger partial charge in [-0.25, -0.2) is 4.79 Å². The van der Waals surface area contributed by atoms with E-state index in [-0.39, 0.29) is 5.56 Å². The number of aromatic carboxylic acids is 1. The van der Waals surface area contributed by atoms with Crippen LogP contribution in [-0.2, 0) is 10.8 Å². The van der Waals surface area contributed by atoms with E-state index in [1.807, 2.05) is 0 Å². The Morgan fingerprint density at radius 1 is 1.56 bits per heavy atom. The predicted octanol–water partition coefficient (Wildman–Crippen LogP) is 1.08. The number of nitrogens with one attached hydrogen (secondary N) is 1. The molecule has 7 nitrogen and oxygen atoms in total. The number of anilines is 1. The minimum atomic E-state index is -1.36. The number of benzene rings is 1. The highest BCUT2D eigenvalue weighted by Gasteiger charge is 2.19. The lowest BCUT2D eigenvalue weighted by Crippen LogP contribution is -2.11. The van der Waals surface area contributed by atoms with Gasteiger partial charge in [-0.15, -0.1) is 0 Å². The van der Waals surface area contributed by atoms with Crippen molar-refractivity contribution in [3.8, 4) is 0 Å². The van der Waals surface area contributed by atoms with Gasteiger partial charge in [0.25, 0.3) is 5.69 Å². The fraction of sp³-hybridized carbons (Fsp3) is 0.300. The van der Waals surface area contributed by atoms with Gasteiger partial charge in [0.15, 0.2) is 0 Å². The first-order valence-electron chi connectivity index (χ1n) is 4.97. The summed E-state index contributed by atoms with van der Waals surface area (Å²) in [7, 11) is -0.952. The molecule has 0 saturated carbocycles. The Balaban J connectivity index is 2.90. The number of nitrogens with zero attached hydrogens (tertiary/aromatic N) is 1. The number of carboxylic acid groups (broad SMARTS) is 1. The first-order chi connectivity index (χ1) is 8.41. The molecule has 0 bridgehead atoms. The van der Waals surface area contributed by atoms with Gasteiger partial charge in [-0.3, -0.25) is 14.3 Å². The van der Waals surface area contributed by atoms with Crippen LogP contribution in [0, 0.1) is 10.1 Å². The van der Waals surface area contributed by atoms with Crippen LogP contribution in [0.2, 0.25) is 0 Å². The van der Waals surface area contributed by atoms with Gasteiger partial charge in [0.2, 0.25) is 0 Å². The summed E-state index contributed by atoms with van der Waals surface area (Å²) in [6.45, 7) is 0.403. The monoisotopic (exact) mass is 272 g/mol. The van der Waals surface area contributed by atoms with Crippen LogP contribution in [0.15, 0.2) is 18.2 Å². The molecule has 1 atom stereocenters. The molecule has 2 N–H and O–H groups in total. The third-order valence-electron chi connectivity index (χ3n) is 2.14. The third kappa shape index (κ3) is 3.81. The summed E-state index contributed by atoms with van der Waals surface area (Å²) in [5, 5.41) is 22.4. The zero-order chi connectivity index (χ0) is 13.7. The largest absolute Gasteiger partial charge is 0.477 e. The molecule has 0 amide bonds. The molecular formula is C10H12N2O5S. The van der Waals surface area contributed by atoms with E-state index in [2.05, 4.69) is 5.32 Å². The number of carbonyl (C=O) groups is 1. The summed E-state index contributed by atoms with van der Waals surface area (Å²) in [4.78, 5) is 20.8. The summed E-state index contributed by atoms with van der Waals surface area (Å²) in [6.07, 6.45) is 1.56. The van der Waals surface area contributed by atoms with Crippen molar-refractivity contribution in [2.45, 2.75) is 0 Å². The van der Waals surface area contributed by atoms with Gasteiger partial charge in [-0.05, 0) is 12.1 Å². The Labute approximate surface area is 105 Å². The average Bonchev–Trinajstić information content (AvgIpc) is 2.28. The lowest BCUT2D eigenvalue weighted by atomic mass is 10.1. The summed E-state index contributed by atoms with van der Waals surface area (Å²) in [5.41, 5.74) is -0.377. The van der Waals surface area contributed by atoms with Crippen molar-refractivity contribution in [1.82, 2.24) is 0 Å². The Morgan fingerprint density at radius 2 is 2.22 bits per heavy atom. The molecule has 1 unspecified atom stereocenters. The van der Waals surface area contributed by atoms with Crippen LogP contribution in [0.3, 0.4) is 0 Å². The molecule has 0 spiro atoms. The smallest absolute Gasteiger partial charge is 0.342 e. The number of nitro benzene ring substituents is 1. The van der Waals surface area contributed by atoms with Crippen LogP contribution < -0.4 is 5.32 Å². The highest BCUT2D eigenvalue weighted by molar-refractivity contribution is 7.84. The van der Waals surface area contributed by atoms with Crippen LogP contribution in [0.5, 0.6) is 0 Å². The maximum absolute atomic E-state index is 10.9. The van der Waals surface area contributed by atoms with Crippen LogP contribution in [-0.4, -0.2) is 38.8 Å². The van der Waals surface area contributed by atoms with Crippen molar-refractivity contribution < 1.29 is 19.0 Å². The minimum Gasteiger partial charge on any atom is -0.477 e. The molecule has 98 valence electrons. The zero-order valence-corrected chi connectivity index (χ0v) is 10.4. The van der Waals surface area contributed by atoms with E-state index in [1.165, 1.54) is 12.1 Å². The van der Waals surface area contributed by atoms with Gasteiger partial charge in [0, 0.05) is 41.1 Å². The molecule has 1 aromatic carbocycles. The predicted molar refractivity (Wildman–Crippen MR) is 67.5 cm³/mol. The Morgan fingerprint density at radius 3 is 2.72 bits per heavy atom. The van der Waals surface area contributed by atoms with Crippen molar-refractivity contribution in [2.24, 2.45) is 0 Å². The molecule has 0 aliphatic rings. The molecule has 0 saturated heterocycles. The van der Waals surface area contributed by atoms with E-state index in [0.29, 0.717) is 18.0 Å². The number of carboxylic acids is 1. The van der Waals surface area contributed by atoms with Crippen LogP contribution >= 0.6 is 0 Å². The molecular weight excluding hydrogens is 260 g/mol. The van der Waals surface area contributed by atoms with Crippen LogP contribution in [0.25, 0.3) is 0 Å². The molecule has 8 heteroatoms. The highest BCUT2D eigenvalue weighted by atomic mass is 32.2. The van der Waals surface area contributed by atoms with E-state index in [0.717, 1.165) is 6.07 Å². The molecule has 1 aromatic rings. The minimum absolute atomic E-state index is 0.373. The Kier molecular flexibility index (Phi) is 4.78. The molecule has 0 aromatic heterocycles. The number of nitro groups is 1. The summed E-state index contributed by atoms with van der Waals surface area (Å²) >= 11 is 0. The van der Waals surface area contributed by atoms with Gasteiger partial charge in [-0.2, -0.15) is 0 Å². The van der Waals surface area contributed by atoms with Crippen molar-refractivity contribution in [3.63, 3.8) is 0 Å². The quantitative estimate of drug-likeness (QED) is 0.592. The first-order valence-corrected chi connectivity index (χ1v) is 6.70. The van der Waals surface area contributed by atoms with Crippen LogP contribution in [0.1, 0.15) is 10.4 Å². The van der Waals surface area contributed by atoms with E-state index >= 15 is 0 Å². The fourth-order valence-corrected chi connectivity index (χ4v) is 1.71. The van der Waals surface area contributed by atoms with E-state index < -0.39 is 27.4 Å². The molecule has 0 heterocycles. The second-order valence-corrected chi connectivity index (χ2v) is 5.05. The topological polar surface area (TPSA) is 110 Å². The second kappa shape index (κ2) is 6.10. The number of hydrogen-bond acceptors (Lipinski definition) is 5. The molecule has 18 heavy (non-hydrogen) atoms. The van der Waals surface area contributed by atoms with Gasteiger partial charge in [0.1, 0.15) is 5.56 Å². The van der Waals surface area contributed by atoms with Gasteiger partial charge in [-0.1, -0.05) is 0 Å². The Hall–Kier alpha value is -1.96.